The van der Waals surface area contributed by atoms with Crippen molar-refractivity contribution in [1.29, 1.82) is 0 Å². The lowest BCUT2D eigenvalue weighted by atomic mass is 10.0. The van der Waals surface area contributed by atoms with E-state index >= 15 is 0 Å². The first kappa shape index (κ1) is 14.0. The molecular weight excluding hydrogens is 251 g/mol. The number of hydrogen-bond donors (Lipinski definition) is 1. The summed E-state index contributed by atoms with van der Waals surface area (Å²) in [5.41, 5.74) is 2.00. The van der Waals surface area contributed by atoms with E-state index < -0.39 is 0 Å². The highest BCUT2D eigenvalue weighted by Crippen LogP contribution is 2.29. The Hall–Kier alpha value is -0.930. The highest BCUT2D eigenvalue weighted by Gasteiger charge is 2.30. The zero-order valence-corrected chi connectivity index (χ0v) is 12.4. The molecule has 2 nitrogen and oxygen atoms in total. The van der Waals surface area contributed by atoms with Gasteiger partial charge in [-0.2, -0.15) is 0 Å². The molecule has 1 aliphatic carbocycles. The van der Waals surface area contributed by atoms with E-state index in [0.717, 1.165) is 24.7 Å². The molecule has 1 saturated carbocycles. The van der Waals surface area contributed by atoms with Crippen LogP contribution in [0.25, 0.3) is 0 Å². The largest absolute Gasteiger partial charge is 0.313 e. The summed E-state index contributed by atoms with van der Waals surface area (Å²) >= 11 is 0. The van der Waals surface area contributed by atoms with Gasteiger partial charge in [-0.05, 0) is 56.3 Å². The lowest BCUT2D eigenvalue weighted by Crippen LogP contribution is -2.44. The van der Waals surface area contributed by atoms with Crippen LogP contribution in [0.2, 0.25) is 0 Å². The van der Waals surface area contributed by atoms with E-state index in [2.05, 4.69) is 10.2 Å². The van der Waals surface area contributed by atoms with Crippen LogP contribution in [0.3, 0.4) is 0 Å². The molecule has 110 valence electrons. The molecule has 1 aliphatic heterocycles. The van der Waals surface area contributed by atoms with E-state index in [9.17, 15) is 4.39 Å². The first-order valence-electron chi connectivity index (χ1n) is 7.95. The maximum atomic E-state index is 13.4. The minimum atomic E-state index is -0.0966. The van der Waals surface area contributed by atoms with Gasteiger partial charge in [0, 0.05) is 25.2 Å². The van der Waals surface area contributed by atoms with E-state index in [1.165, 1.54) is 44.2 Å². The molecule has 3 rings (SSSR count). The Balaban J connectivity index is 1.62. The molecule has 2 aliphatic rings. The third kappa shape index (κ3) is 3.58. The van der Waals surface area contributed by atoms with Gasteiger partial charge in [-0.25, -0.2) is 4.39 Å². The second kappa shape index (κ2) is 6.23. The van der Waals surface area contributed by atoms with Crippen molar-refractivity contribution >= 4 is 0 Å². The molecule has 1 aromatic rings. The molecule has 1 heterocycles. The van der Waals surface area contributed by atoms with Crippen molar-refractivity contribution in [2.75, 3.05) is 13.1 Å². The number of rotatable bonds is 5. The fourth-order valence-electron chi connectivity index (χ4n) is 3.18. The molecule has 1 N–H and O–H groups in total. The van der Waals surface area contributed by atoms with Crippen LogP contribution in [0.1, 0.15) is 43.2 Å². The van der Waals surface area contributed by atoms with Crippen LogP contribution in [0.15, 0.2) is 18.2 Å². The molecule has 20 heavy (non-hydrogen) atoms. The van der Waals surface area contributed by atoms with Crippen LogP contribution < -0.4 is 5.32 Å². The van der Waals surface area contributed by atoms with Gasteiger partial charge >= 0.3 is 0 Å². The van der Waals surface area contributed by atoms with E-state index in [1.54, 1.807) is 6.07 Å². The zero-order chi connectivity index (χ0) is 13.9. The Kier molecular flexibility index (Phi) is 4.37. The minimum absolute atomic E-state index is 0.0966. The number of piperidine rings is 1. The molecule has 1 saturated heterocycles. The molecular formula is C17H25FN2. The second-order valence-electron chi connectivity index (χ2n) is 6.39. The van der Waals surface area contributed by atoms with E-state index in [4.69, 9.17) is 0 Å². The van der Waals surface area contributed by atoms with Gasteiger partial charge in [-0.15, -0.1) is 0 Å². The minimum Gasteiger partial charge on any atom is -0.313 e. The average Bonchev–Trinajstić information content (AvgIpc) is 3.28. The summed E-state index contributed by atoms with van der Waals surface area (Å²) in [6.07, 6.45) is 6.62. The van der Waals surface area contributed by atoms with Crippen LogP contribution in [0.4, 0.5) is 4.39 Å². The Morgan fingerprint density at radius 3 is 2.75 bits per heavy atom. The standard InChI is InChI=1S/C17H25FN2/c1-13-10-14(5-8-17(13)18)11-20(16-6-7-16)12-15-4-2-3-9-19-15/h5,8,10,15-16,19H,2-4,6-7,9,11-12H2,1H3. The molecule has 1 unspecified atom stereocenters. The summed E-state index contributed by atoms with van der Waals surface area (Å²) in [6.45, 7) is 5.12. The van der Waals surface area contributed by atoms with Crippen molar-refractivity contribution in [3.63, 3.8) is 0 Å². The van der Waals surface area contributed by atoms with Gasteiger partial charge in [0.2, 0.25) is 0 Å². The number of hydrogen-bond acceptors (Lipinski definition) is 2. The summed E-state index contributed by atoms with van der Waals surface area (Å²) in [4.78, 5) is 2.59. The molecule has 0 radical (unpaired) electrons. The number of aryl methyl sites for hydroxylation is 1. The van der Waals surface area contributed by atoms with E-state index in [1.807, 2.05) is 19.1 Å². The van der Waals surface area contributed by atoms with Crippen LogP contribution in [0, 0.1) is 12.7 Å². The first-order chi connectivity index (χ1) is 9.72. The molecule has 1 atom stereocenters. The van der Waals surface area contributed by atoms with Gasteiger partial charge in [-0.3, -0.25) is 4.90 Å². The van der Waals surface area contributed by atoms with Gasteiger partial charge in [0.1, 0.15) is 5.82 Å². The summed E-state index contributed by atoms with van der Waals surface area (Å²) in [6, 6.07) is 6.94. The Labute approximate surface area is 121 Å². The molecule has 0 aromatic heterocycles. The molecule has 1 aromatic carbocycles. The molecule has 3 heteroatoms. The monoisotopic (exact) mass is 276 g/mol. The van der Waals surface area contributed by atoms with Crippen molar-refractivity contribution in [3.8, 4) is 0 Å². The van der Waals surface area contributed by atoms with Crippen molar-refractivity contribution in [3.05, 3.63) is 35.1 Å². The van der Waals surface area contributed by atoms with Crippen molar-refractivity contribution in [2.45, 2.75) is 57.7 Å². The number of nitrogens with zero attached hydrogens (tertiary/aromatic N) is 1. The second-order valence-corrected chi connectivity index (χ2v) is 6.39. The maximum absolute atomic E-state index is 13.4. The van der Waals surface area contributed by atoms with Gasteiger partial charge in [0.25, 0.3) is 0 Å². The predicted octanol–water partition coefficient (Wildman–Crippen LogP) is 3.24. The number of halogens is 1. The lowest BCUT2D eigenvalue weighted by molar-refractivity contribution is 0.208. The summed E-state index contributed by atoms with van der Waals surface area (Å²) in [5.74, 6) is -0.0966. The van der Waals surface area contributed by atoms with Gasteiger partial charge < -0.3 is 5.32 Å². The van der Waals surface area contributed by atoms with Crippen molar-refractivity contribution < 1.29 is 4.39 Å². The molecule has 0 spiro atoms. The highest BCUT2D eigenvalue weighted by atomic mass is 19.1. The molecule has 2 fully saturated rings. The van der Waals surface area contributed by atoms with Crippen LogP contribution >= 0.6 is 0 Å². The number of nitrogens with one attached hydrogen (secondary N) is 1. The van der Waals surface area contributed by atoms with Crippen LogP contribution in [-0.2, 0) is 6.54 Å². The first-order valence-corrected chi connectivity index (χ1v) is 7.95. The maximum Gasteiger partial charge on any atom is 0.126 e. The Morgan fingerprint density at radius 1 is 1.25 bits per heavy atom. The predicted molar refractivity (Wildman–Crippen MR) is 80.2 cm³/mol. The van der Waals surface area contributed by atoms with E-state index in [0.29, 0.717) is 6.04 Å². The summed E-state index contributed by atoms with van der Waals surface area (Å²) in [5, 5.41) is 3.64. The average molecular weight is 276 g/mol. The fraction of sp³-hybridized carbons (Fsp3) is 0.647. The normalized spacial score (nSPS) is 23.2. The Bertz CT molecular complexity index is 450. The van der Waals surface area contributed by atoms with Crippen LogP contribution in [-0.4, -0.2) is 30.1 Å². The zero-order valence-electron chi connectivity index (χ0n) is 12.4. The number of benzene rings is 1. The topological polar surface area (TPSA) is 15.3 Å². The summed E-state index contributed by atoms with van der Waals surface area (Å²) < 4.78 is 13.4. The van der Waals surface area contributed by atoms with Gasteiger partial charge in [-0.1, -0.05) is 18.6 Å². The van der Waals surface area contributed by atoms with E-state index in [-0.39, 0.29) is 5.82 Å². The quantitative estimate of drug-likeness (QED) is 0.888. The molecule has 0 amide bonds. The highest BCUT2D eigenvalue weighted by molar-refractivity contribution is 5.24. The Morgan fingerprint density at radius 2 is 2.10 bits per heavy atom. The van der Waals surface area contributed by atoms with Crippen LogP contribution in [0.5, 0.6) is 0 Å². The third-order valence-electron chi connectivity index (χ3n) is 4.54. The van der Waals surface area contributed by atoms with Crippen molar-refractivity contribution in [2.24, 2.45) is 0 Å². The van der Waals surface area contributed by atoms with Gasteiger partial charge in [0.05, 0.1) is 0 Å². The lowest BCUT2D eigenvalue weighted by Gasteiger charge is -2.30. The summed E-state index contributed by atoms with van der Waals surface area (Å²) in [7, 11) is 0. The third-order valence-corrected chi connectivity index (χ3v) is 4.54. The van der Waals surface area contributed by atoms with Crippen molar-refractivity contribution in [1.82, 2.24) is 10.2 Å². The smallest absolute Gasteiger partial charge is 0.126 e. The van der Waals surface area contributed by atoms with Gasteiger partial charge in [0.15, 0.2) is 0 Å². The molecule has 0 bridgehead atoms. The fourth-order valence-corrected chi connectivity index (χ4v) is 3.18. The SMILES string of the molecule is Cc1cc(CN(CC2CCCCN2)C2CC2)ccc1F.